The number of aromatic nitrogens is 1. The van der Waals surface area contributed by atoms with Crippen LogP contribution in [0.25, 0.3) is 16.5 Å². The summed E-state index contributed by atoms with van der Waals surface area (Å²) in [6.45, 7) is 7.01. The quantitative estimate of drug-likeness (QED) is 0.662. The highest BCUT2D eigenvalue weighted by Gasteiger charge is 2.38. The van der Waals surface area contributed by atoms with Crippen LogP contribution in [0.3, 0.4) is 0 Å². The second-order valence-electron chi connectivity index (χ2n) is 8.74. The largest absolute Gasteiger partial charge is 0.361 e. The van der Waals surface area contributed by atoms with E-state index in [1.54, 1.807) is 0 Å². The lowest BCUT2D eigenvalue weighted by molar-refractivity contribution is -0.134. The van der Waals surface area contributed by atoms with Crippen LogP contribution < -0.4 is 0 Å². The molecule has 1 aliphatic heterocycles. The molecule has 0 bridgehead atoms. The molecule has 2 atom stereocenters. The van der Waals surface area contributed by atoms with E-state index in [0.717, 1.165) is 37.1 Å². The molecule has 1 aliphatic carbocycles. The molecule has 5 heteroatoms. The van der Waals surface area contributed by atoms with Crippen molar-refractivity contribution in [2.45, 2.75) is 32.9 Å². The van der Waals surface area contributed by atoms with E-state index in [9.17, 15) is 4.79 Å². The van der Waals surface area contributed by atoms with E-state index in [2.05, 4.69) is 46.4 Å². The molecule has 0 spiro atoms. The van der Waals surface area contributed by atoms with Gasteiger partial charge in [0.1, 0.15) is 0 Å². The molecule has 5 nitrogen and oxygen atoms in total. The summed E-state index contributed by atoms with van der Waals surface area (Å²) >= 11 is 0. The van der Waals surface area contributed by atoms with Gasteiger partial charge in [0.25, 0.3) is 0 Å². The highest BCUT2D eigenvalue weighted by atomic mass is 16.2. The smallest absolute Gasteiger partial charge is 0.230 e. The van der Waals surface area contributed by atoms with Crippen LogP contribution in [0, 0.1) is 17.2 Å². The monoisotopic (exact) mass is 424 g/mol. The minimum atomic E-state index is -0.157. The summed E-state index contributed by atoms with van der Waals surface area (Å²) in [5.74, 6) is 0.0492. The van der Waals surface area contributed by atoms with Crippen molar-refractivity contribution in [3.05, 3.63) is 77.0 Å². The summed E-state index contributed by atoms with van der Waals surface area (Å²) in [7, 11) is 0. The van der Waals surface area contributed by atoms with Crippen LogP contribution in [0.15, 0.2) is 54.7 Å². The first-order valence-electron chi connectivity index (χ1n) is 11.5. The summed E-state index contributed by atoms with van der Waals surface area (Å²) < 4.78 is 0. The molecule has 0 radical (unpaired) electrons. The van der Waals surface area contributed by atoms with Gasteiger partial charge in [0.2, 0.25) is 5.91 Å². The van der Waals surface area contributed by atoms with Crippen LogP contribution in [0.4, 0.5) is 0 Å². The molecule has 1 aromatic heterocycles. The zero-order chi connectivity index (χ0) is 22.2. The van der Waals surface area contributed by atoms with Gasteiger partial charge in [-0.05, 0) is 60.7 Å². The standard InChI is InChI=1S/C27H28N4O/c1-3-30(4-2)27(32)21-12-23-22-6-5-7-24-26(22)20(15-29-24)13-25(23)31(17-21)16-19-10-8-18(14-28)9-11-19/h5-12,15,21,25,29H,3-4,13,16-17H2,1-2H3/t21-,25-/m1/s1. The molecule has 0 unspecified atom stereocenters. The van der Waals surface area contributed by atoms with Gasteiger partial charge in [-0.2, -0.15) is 5.26 Å². The van der Waals surface area contributed by atoms with Crippen molar-refractivity contribution in [1.82, 2.24) is 14.8 Å². The predicted octanol–water partition coefficient (Wildman–Crippen LogP) is 4.35. The molecule has 2 aliphatic rings. The van der Waals surface area contributed by atoms with E-state index in [0.29, 0.717) is 12.1 Å². The van der Waals surface area contributed by atoms with E-state index in [1.807, 2.05) is 43.0 Å². The Labute approximate surface area is 188 Å². The van der Waals surface area contributed by atoms with Gasteiger partial charge in [0.05, 0.1) is 17.6 Å². The zero-order valence-corrected chi connectivity index (χ0v) is 18.6. The molecule has 2 heterocycles. The third kappa shape index (κ3) is 3.41. The second kappa shape index (κ2) is 8.29. The summed E-state index contributed by atoms with van der Waals surface area (Å²) in [6.07, 6.45) is 5.31. The molecule has 1 N–H and O–H groups in total. The van der Waals surface area contributed by atoms with Crippen molar-refractivity contribution in [2.75, 3.05) is 19.6 Å². The first-order chi connectivity index (χ1) is 15.6. The molecule has 1 amide bonds. The van der Waals surface area contributed by atoms with Crippen molar-refractivity contribution >= 4 is 22.4 Å². The average molecular weight is 425 g/mol. The van der Waals surface area contributed by atoms with E-state index in [-0.39, 0.29) is 17.9 Å². The van der Waals surface area contributed by atoms with Gasteiger partial charge in [-0.25, -0.2) is 0 Å². The van der Waals surface area contributed by atoms with Gasteiger partial charge in [0.15, 0.2) is 0 Å². The first kappa shape index (κ1) is 20.5. The fraction of sp³-hybridized carbons (Fsp3) is 0.333. The molecule has 162 valence electrons. The van der Waals surface area contributed by atoms with E-state index in [4.69, 9.17) is 5.26 Å². The molecule has 32 heavy (non-hydrogen) atoms. The molecular weight excluding hydrogens is 396 g/mol. The Hall–Kier alpha value is -3.36. The number of nitriles is 1. The van der Waals surface area contributed by atoms with Crippen molar-refractivity contribution < 1.29 is 4.79 Å². The number of aromatic amines is 1. The maximum atomic E-state index is 13.4. The Bertz CT molecular complexity index is 1230. The lowest BCUT2D eigenvalue weighted by Gasteiger charge is -2.42. The van der Waals surface area contributed by atoms with E-state index >= 15 is 0 Å². The first-order valence-corrected chi connectivity index (χ1v) is 11.5. The van der Waals surface area contributed by atoms with Crippen molar-refractivity contribution in [3.8, 4) is 6.07 Å². The summed E-state index contributed by atoms with van der Waals surface area (Å²) in [6, 6.07) is 16.7. The maximum Gasteiger partial charge on any atom is 0.230 e. The van der Waals surface area contributed by atoms with Crippen molar-refractivity contribution in [3.63, 3.8) is 0 Å². The fourth-order valence-electron chi connectivity index (χ4n) is 5.34. The number of amides is 1. The summed E-state index contributed by atoms with van der Waals surface area (Å²) in [5.41, 5.74) is 6.86. The molecule has 2 aromatic carbocycles. The van der Waals surface area contributed by atoms with Gasteiger partial charge < -0.3 is 9.88 Å². The minimum absolute atomic E-state index is 0.157. The zero-order valence-electron chi connectivity index (χ0n) is 18.6. The van der Waals surface area contributed by atoms with Gasteiger partial charge in [-0.15, -0.1) is 0 Å². The molecular formula is C27H28N4O. The number of H-pyrrole nitrogens is 1. The van der Waals surface area contributed by atoms with Crippen LogP contribution in [-0.4, -0.2) is 46.4 Å². The Morgan fingerprint density at radius 1 is 1.19 bits per heavy atom. The molecule has 0 fully saturated rings. The van der Waals surface area contributed by atoms with Gasteiger partial charge in [0, 0.05) is 49.3 Å². The topological polar surface area (TPSA) is 63.1 Å². The number of rotatable bonds is 5. The Kier molecular flexibility index (Phi) is 5.32. The summed E-state index contributed by atoms with van der Waals surface area (Å²) in [4.78, 5) is 21.2. The third-order valence-electron chi connectivity index (χ3n) is 6.98. The van der Waals surface area contributed by atoms with Crippen LogP contribution in [-0.2, 0) is 17.8 Å². The number of carbonyl (C=O) groups is 1. The van der Waals surface area contributed by atoms with Crippen LogP contribution in [0.1, 0.15) is 36.1 Å². The lowest BCUT2D eigenvalue weighted by Crippen LogP contribution is -2.48. The average Bonchev–Trinajstić information content (AvgIpc) is 3.25. The van der Waals surface area contributed by atoms with E-state index < -0.39 is 0 Å². The third-order valence-corrected chi connectivity index (χ3v) is 6.98. The molecule has 0 saturated carbocycles. The second-order valence-corrected chi connectivity index (χ2v) is 8.74. The SMILES string of the molecule is CCN(CC)C(=O)[C@@H]1C=C2c3cccc4[nH]cc(c34)C[C@H]2N(Cc2ccc(C#N)cc2)C1. The van der Waals surface area contributed by atoms with Gasteiger partial charge in [-0.3, -0.25) is 9.69 Å². The Balaban J connectivity index is 1.56. The number of benzene rings is 2. The van der Waals surface area contributed by atoms with Crippen molar-refractivity contribution in [1.29, 1.82) is 5.26 Å². The number of fused-ring (bicyclic) bond motifs is 2. The van der Waals surface area contributed by atoms with Gasteiger partial charge >= 0.3 is 0 Å². The maximum absolute atomic E-state index is 13.4. The van der Waals surface area contributed by atoms with Crippen LogP contribution in [0.5, 0.6) is 0 Å². The molecule has 0 saturated heterocycles. The molecule has 3 aromatic rings. The van der Waals surface area contributed by atoms with Crippen LogP contribution in [0.2, 0.25) is 0 Å². The number of nitrogens with one attached hydrogen (secondary N) is 1. The highest BCUT2D eigenvalue weighted by molar-refractivity contribution is 5.99. The minimum Gasteiger partial charge on any atom is -0.361 e. The highest BCUT2D eigenvalue weighted by Crippen LogP contribution is 2.42. The van der Waals surface area contributed by atoms with E-state index in [1.165, 1.54) is 22.1 Å². The number of nitrogens with zero attached hydrogens (tertiary/aromatic N) is 3. The Morgan fingerprint density at radius 2 is 1.97 bits per heavy atom. The lowest BCUT2D eigenvalue weighted by atomic mass is 9.79. The normalized spacial score (nSPS) is 19.8. The number of hydrogen-bond donors (Lipinski definition) is 1. The Morgan fingerprint density at radius 3 is 2.69 bits per heavy atom. The van der Waals surface area contributed by atoms with Gasteiger partial charge in [-0.1, -0.05) is 30.3 Å². The number of hydrogen-bond acceptors (Lipinski definition) is 3. The van der Waals surface area contributed by atoms with Crippen molar-refractivity contribution in [2.24, 2.45) is 5.92 Å². The summed E-state index contributed by atoms with van der Waals surface area (Å²) in [5, 5.41) is 10.4. The fourth-order valence-corrected chi connectivity index (χ4v) is 5.34. The van der Waals surface area contributed by atoms with Crippen LogP contribution >= 0.6 is 0 Å². The molecule has 5 rings (SSSR count). The number of carbonyl (C=O) groups excluding carboxylic acids is 1. The predicted molar refractivity (Wildman–Crippen MR) is 127 cm³/mol.